The number of hydrogen-bond acceptors (Lipinski definition) is 4. The second kappa shape index (κ2) is 20.4. The van der Waals surface area contributed by atoms with E-state index in [1.807, 2.05) is 0 Å². The molecule has 0 saturated carbocycles. The highest BCUT2D eigenvalue weighted by Gasteiger charge is 2.37. The topological polar surface area (TPSA) is 115 Å². The molecule has 0 aromatic rings. The van der Waals surface area contributed by atoms with Gasteiger partial charge in [0, 0.05) is 19.7 Å². The number of aliphatic carboxylic acids is 3. The Balaban J connectivity index is 4.15. The largest absolute Gasteiger partial charge is 0.550 e. The zero-order valence-electron chi connectivity index (χ0n) is 20.3. The molecule has 0 aliphatic rings. The first kappa shape index (κ1) is 30.8. The van der Waals surface area contributed by atoms with Crippen LogP contribution in [0.2, 0.25) is 0 Å². The van der Waals surface area contributed by atoms with Gasteiger partial charge in [0.15, 0.2) is 0 Å². The van der Waals surface area contributed by atoms with E-state index in [1.54, 1.807) is 0 Å². The van der Waals surface area contributed by atoms with Gasteiger partial charge in [0.1, 0.15) is 0 Å². The molecule has 0 aliphatic heterocycles. The molecule has 0 fully saturated rings. The third-order valence-electron chi connectivity index (χ3n) is 6.38. The summed E-state index contributed by atoms with van der Waals surface area (Å²) in [5, 5.41) is 29.2. The Labute approximate surface area is 195 Å². The van der Waals surface area contributed by atoms with Crippen LogP contribution >= 0.6 is 7.26 Å². The minimum Gasteiger partial charge on any atom is -0.550 e. The van der Waals surface area contributed by atoms with E-state index in [0.29, 0.717) is 18.5 Å². The van der Waals surface area contributed by atoms with E-state index in [0.717, 1.165) is 25.4 Å². The molecule has 32 heavy (non-hydrogen) atoms. The van der Waals surface area contributed by atoms with E-state index in [9.17, 15) is 19.5 Å². The summed E-state index contributed by atoms with van der Waals surface area (Å²) in [5.41, 5.74) is 0. The highest BCUT2D eigenvalue weighted by Crippen LogP contribution is 2.60. The molecular formula is C25H47O6P. The number of carbonyl (C=O) groups excluding carboxylic acids is 1. The van der Waals surface area contributed by atoms with Gasteiger partial charge in [-0.1, -0.05) is 84.0 Å². The molecule has 0 radical (unpaired) electrons. The number of hydrogen-bond donors (Lipinski definition) is 2. The van der Waals surface area contributed by atoms with E-state index in [-0.39, 0.29) is 19.3 Å². The average Bonchev–Trinajstić information content (AvgIpc) is 2.74. The van der Waals surface area contributed by atoms with Crippen LogP contribution in [0.5, 0.6) is 0 Å². The van der Waals surface area contributed by atoms with Crippen molar-refractivity contribution in [2.24, 2.45) is 0 Å². The molecule has 188 valence electrons. The standard InChI is InChI=1S/C25H47O6P/c1-2-3-4-5-6-7-8-9-10-11-12-13-14-15-19-32(20-16-23(26)27,21-17-24(28)29)22-18-25(30)31/h2-22H2,1H3,(H2-,26,27,28,29,30,31). The fourth-order valence-corrected chi connectivity index (χ4v) is 8.53. The average molecular weight is 475 g/mol. The predicted octanol–water partition coefficient (Wildman–Crippen LogP) is 5.57. The lowest BCUT2D eigenvalue weighted by atomic mass is 10.0. The second-order valence-electron chi connectivity index (χ2n) is 9.24. The van der Waals surface area contributed by atoms with Crippen molar-refractivity contribution in [3.63, 3.8) is 0 Å². The normalized spacial score (nSPS) is 11.5. The molecule has 0 amide bonds. The van der Waals surface area contributed by atoms with Crippen molar-refractivity contribution in [1.82, 2.24) is 0 Å². The lowest BCUT2D eigenvalue weighted by Gasteiger charge is -2.27. The zero-order chi connectivity index (χ0) is 24.1. The van der Waals surface area contributed by atoms with Crippen LogP contribution in [0.1, 0.15) is 116 Å². The van der Waals surface area contributed by atoms with Crippen LogP contribution in [0, 0.1) is 0 Å². The summed E-state index contributed by atoms with van der Waals surface area (Å²) in [4.78, 5) is 33.2. The first-order chi connectivity index (χ1) is 15.3. The second-order valence-corrected chi connectivity index (χ2v) is 13.7. The van der Waals surface area contributed by atoms with Gasteiger partial charge in [0.2, 0.25) is 0 Å². The maximum absolute atomic E-state index is 11.1. The number of carboxylic acid groups (broad SMARTS) is 3. The zero-order valence-corrected chi connectivity index (χ0v) is 21.2. The fraction of sp³-hybridized carbons (Fsp3) is 0.880. The van der Waals surface area contributed by atoms with Crippen LogP contribution in [0.3, 0.4) is 0 Å². The minimum absolute atomic E-state index is 0.0148. The summed E-state index contributed by atoms with van der Waals surface area (Å²) in [6, 6.07) is 0. The molecule has 0 unspecified atom stereocenters. The van der Waals surface area contributed by atoms with E-state index in [4.69, 9.17) is 10.2 Å². The first-order valence-corrected chi connectivity index (χ1v) is 15.3. The first-order valence-electron chi connectivity index (χ1n) is 12.8. The van der Waals surface area contributed by atoms with E-state index >= 15 is 0 Å². The summed E-state index contributed by atoms with van der Waals surface area (Å²) in [7, 11) is -1.92. The maximum atomic E-state index is 11.1. The van der Waals surface area contributed by atoms with Crippen molar-refractivity contribution in [1.29, 1.82) is 0 Å². The van der Waals surface area contributed by atoms with Crippen molar-refractivity contribution in [3.05, 3.63) is 0 Å². The molecule has 0 aliphatic carbocycles. The summed E-state index contributed by atoms with van der Waals surface area (Å²) < 4.78 is 0. The van der Waals surface area contributed by atoms with Gasteiger partial charge < -0.3 is 20.1 Å². The lowest BCUT2D eigenvalue weighted by molar-refractivity contribution is -0.305. The van der Waals surface area contributed by atoms with Crippen LogP contribution in [0.25, 0.3) is 0 Å². The number of carboxylic acids is 3. The number of unbranched alkanes of at least 4 members (excludes halogenated alkanes) is 13. The van der Waals surface area contributed by atoms with Gasteiger partial charge in [-0.15, -0.1) is 0 Å². The summed E-state index contributed by atoms with van der Waals surface area (Å²) in [5.74, 6) is -2.95. The predicted molar refractivity (Wildman–Crippen MR) is 131 cm³/mol. The van der Waals surface area contributed by atoms with Crippen LogP contribution in [0.4, 0.5) is 0 Å². The molecule has 0 spiro atoms. The van der Waals surface area contributed by atoms with Crippen LogP contribution in [0.15, 0.2) is 0 Å². The van der Waals surface area contributed by atoms with Crippen molar-refractivity contribution in [2.75, 3.05) is 24.6 Å². The van der Waals surface area contributed by atoms with Crippen LogP contribution < -0.4 is 5.11 Å². The molecule has 0 bridgehead atoms. The SMILES string of the molecule is CCCCCCCCCCCCCCCC[P+](CCC(=O)[O-])(CCC(=O)O)CCC(=O)O. The Morgan fingerprint density at radius 3 is 1.25 bits per heavy atom. The van der Waals surface area contributed by atoms with Crippen LogP contribution in [-0.2, 0) is 14.4 Å². The number of rotatable bonds is 24. The maximum Gasteiger partial charge on any atom is 0.307 e. The minimum atomic E-state index is -1.92. The third-order valence-corrected chi connectivity index (χ3v) is 11.2. The van der Waals surface area contributed by atoms with Crippen molar-refractivity contribution in [2.45, 2.75) is 116 Å². The van der Waals surface area contributed by atoms with Crippen molar-refractivity contribution in [3.8, 4) is 0 Å². The molecule has 7 heteroatoms. The van der Waals surface area contributed by atoms with E-state index in [1.165, 1.54) is 70.6 Å². The molecule has 0 aromatic carbocycles. The molecule has 0 atom stereocenters. The van der Waals surface area contributed by atoms with Crippen molar-refractivity contribution < 1.29 is 29.7 Å². The van der Waals surface area contributed by atoms with Gasteiger partial charge in [-0.3, -0.25) is 9.59 Å². The van der Waals surface area contributed by atoms with E-state index < -0.39 is 25.2 Å². The Morgan fingerprint density at radius 2 is 0.906 bits per heavy atom. The van der Waals surface area contributed by atoms with Gasteiger partial charge in [-0.25, -0.2) is 0 Å². The summed E-state index contributed by atoms with van der Waals surface area (Å²) >= 11 is 0. The van der Waals surface area contributed by atoms with Crippen molar-refractivity contribution >= 4 is 25.2 Å². The molecule has 0 rings (SSSR count). The fourth-order valence-electron chi connectivity index (χ4n) is 4.31. The Hall–Kier alpha value is -1.16. The quantitative estimate of drug-likeness (QED) is 0.139. The van der Waals surface area contributed by atoms with Crippen LogP contribution in [-0.4, -0.2) is 52.8 Å². The van der Waals surface area contributed by atoms with Gasteiger partial charge in [-0.2, -0.15) is 0 Å². The highest BCUT2D eigenvalue weighted by molar-refractivity contribution is 7.76. The molecule has 6 nitrogen and oxygen atoms in total. The lowest BCUT2D eigenvalue weighted by Crippen LogP contribution is -2.26. The van der Waals surface area contributed by atoms with Gasteiger partial charge in [0.05, 0.1) is 37.5 Å². The molecule has 0 heterocycles. The molecule has 2 N–H and O–H groups in total. The number of carbonyl (C=O) groups is 3. The molecule has 0 saturated heterocycles. The monoisotopic (exact) mass is 474 g/mol. The molecule has 0 aromatic heterocycles. The van der Waals surface area contributed by atoms with E-state index in [2.05, 4.69) is 6.92 Å². The Morgan fingerprint density at radius 1 is 0.562 bits per heavy atom. The van der Waals surface area contributed by atoms with Gasteiger partial charge in [-0.05, 0) is 12.8 Å². The smallest absolute Gasteiger partial charge is 0.307 e. The Kier molecular flexibility index (Phi) is 19.7. The third kappa shape index (κ3) is 19.5. The molecular weight excluding hydrogens is 427 g/mol. The highest BCUT2D eigenvalue weighted by atomic mass is 31.2. The van der Waals surface area contributed by atoms with Gasteiger partial charge >= 0.3 is 11.9 Å². The summed E-state index contributed by atoms with van der Waals surface area (Å²) in [6.07, 6.45) is 19.5. The Bertz CT molecular complexity index is 463. The summed E-state index contributed by atoms with van der Waals surface area (Å²) in [6.45, 7) is 2.24. The van der Waals surface area contributed by atoms with Gasteiger partial charge in [0.25, 0.3) is 0 Å².